The summed E-state index contributed by atoms with van der Waals surface area (Å²) < 4.78 is 6.75. The van der Waals surface area contributed by atoms with Crippen LogP contribution in [0.4, 0.5) is 0 Å². The molecular formula is C15H16ClNO3S. The van der Waals surface area contributed by atoms with Gasteiger partial charge in [-0.15, -0.1) is 22.9 Å². The van der Waals surface area contributed by atoms with Crippen LogP contribution in [0.3, 0.4) is 0 Å². The van der Waals surface area contributed by atoms with Gasteiger partial charge in [0.2, 0.25) is 0 Å². The van der Waals surface area contributed by atoms with Crippen LogP contribution in [0, 0.1) is 20.8 Å². The van der Waals surface area contributed by atoms with Gasteiger partial charge >= 0.3 is 5.97 Å². The van der Waals surface area contributed by atoms with Gasteiger partial charge in [0, 0.05) is 17.0 Å². The molecule has 0 fully saturated rings. The number of rotatable bonds is 4. The van der Waals surface area contributed by atoms with E-state index >= 15 is 0 Å². The Bertz CT molecular complexity index is 715. The molecule has 0 aliphatic heterocycles. The monoisotopic (exact) mass is 325 g/mol. The first-order valence-corrected chi connectivity index (χ1v) is 7.78. The third-order valence-corrected chi connectivity index (χ3v) is 4.70. The Hall–Kier alpha value is -1.59. The molecule has 2 aromatic heterocycles. The number of Topliss-reactive ketones (excluding diaryl/α,β-unsaturated/α-hetero) is 1. The molecule has 0 atom stereocenters. The molecule has 0 aliphatic carbocycles. The standard InChI is InChI=1S/C15H16ClNO3S/c1-8-7-21-14(15(19)20-4)13(8)17-9(2)5-11(10(17)3)12(18)6-16/h5,7H,6H2,1-4H3. The molecule has 0 bridgehead atoms. The van der Waals surface area contributed by atoms with Crippen LogP contribution in [-0.2, 0) is 4.74 Å². The van der Waals surface area contributed by atoms with Crippen molar-refractivity contribution in [1.82, 2.24) is 4.57 Å². The number of ether oxygens (including phenoxy) is 1. The van der Waals surface area contributed by atoms with Crippen LogP contribution >= 0.6 is 22.9 Å². The second-order valence-electron chi connectivity index (χ2n) is 4.77. The highest BCUT2D eigenvalue weighted by Gasteiger charge is 2.23. The molecule has 2 heterocycles. The van der Waals surface area contributed by atoms with Crippen LogP contribution < -0.4 is 0 Å². The van der Waals surface area contributed by atoms with Gasteiger partial charge in [0.15, 0.2) is 5.78 Å². The van der Waals surface area contributed by atoms with Gasteiger partial charge in [-0.1, -0.05) is 0 Å². The van der Waals surface area contributed by atoms with Crippen molar-refractivity contribution in [2.24, 2.45) is 0 Å². The average Bonchev–Trinajstić information content (AvgIpc) is 2.97. The molecule has 21 heavy (non-hydrogen) atoms. The Morgan fingerprint density at radius 2 is 2.00 bits per heavy atom. The van der Waals surface area contributed by atoms with Crippen LogP contribution in [0.15, 0.2) is 11.4 Å². The van der Waals surface area contributed by atoms with E-state index in [4.69, 9.17) is 16.3 Å². The van der Waals surface area contributed by atoms with E-state index in [0.29, 0.717) is 10.4 Å². The molecule has 0 aliphatic rings. The fourth-order valence-corrected chi connectivity index (χ4v) is 3.51. The van der Waals surface area contributed by atoms with Crippen molar-refractivity contribution in [3.8, 4) is 5.69 Å². The number of carbonyl (C=O) groups is 2. The number of alkyl halides is 1. The summed E-state index contributed by atoms with van der Waals surface area (Å²) in [6.45, 7) is 5.68. The normalized spacial score (nSPS) is 10.7. The Morgan fingerprint density at radius 1 is 1.33 bits per heavy atom. The fraction of sp³-hybridized carbons (Fsp3) is 0.333. The summed E-state index contributed by atoms with van der Waals surface area (Å²) in [6, 6.07) is 1.80. The molecule has 0 radical (unpaired) electrons. The lowest BCUT2D eigenvalue weighted by atomic mass is 10.2. The predicted molar refractivity (Wildman–Crippen MR) is 84.2 cm³/mol. The summed E-state index contributed by atoms with van der Waals surface area (Å²) in [5.74, 6) is -0.555. The minimum absolute atomic E-state index is 0.0588. The zero-order valence-electron chi connectivity index (χ0n) is 12.3. The maximum Gasteiger partial charge on any atom is 0.350 e. The Kier molecular flexibility index (Phi) is 4.54. The van der Waals surface area contributed by atoms with Crippen molar-refractivity contribution < 1.29 is 14.3 Å². The van der Waals surface area contributed by atoms with Crippen LogP contribution in [-0.4, -0.2) is 29.3 Å². The Labute approximate surface area is 132 Å². The zero-order valence-corrected chi connectivity index (χ0v) is 13.9. The van der Waals surface area contributed by atoms with Gasteiger partial charge in [0.1, 0.15) is 4.88 Å². The number of aryl methyl sites for hydroxylation is 2. The highest BCUT2D eigenvalue weighted by atomic mass is 35.5. The Balaban J connectivity index is 2.69. The number of halogens is 1. The fourth-order valence-electron chi connectivity index (χ4n) is 2.41. The molecule has 4 nitrogen and oxygen atoms in total. The maximum absolute atomic E-state index is 11.9. The minimum atomic E-state index is -0.374. The summed E-state index contributed by atoms with van der Waals surface area (Å²) in [4.78, 5) is 24.4. The highest BCUT2D eigenvalue weighted by molar-refractivity contribution is 7.12. The van der Waals surface area contributed by atoms with Gasteiger partial charge in [-0.05, 0) is 37.8 Å². The number of carbonyl (C=O) groups excluding carboxylic acids is 2. The average molecular weight is 326 g/mol. The topological polar surface area (TPSA) is 48.3 Å². The van der Waals surface area contributed by atoms with E-state index in [-0.39, 0.29) is 17.6 Å². The molecule has 2 rings (SSSR count). The molecule has 0 unspecified atom stereocenters. The number of methoxy groups -OCH3 is 1. The van der Waals surface area contributed by atoms with Crippen molar-refractivity contribution in [2.75, 3.05) is 13.0 Å². The van der Waals surface area contributed by atoms with E-state index in [1.54, 1.807) is 6.07 Å². The number of nitrogens with zero attached hydrogens (tertiary/aromatic N) is 1. The molecule has 0 amide bonds. The van der Waals surface area contributed by atoms with Gasteiger partial charge in [-0.3, -0.25) is 4.79 Å². The van der Waals surface area contributed by atoms with E-state index in [1.807, 2.05) is 30.7 Å². The van der Waals surface area contributed by atoms with Gasteiger partial charge in [-0.25, -0.2) is 4.79 Å². The van der Waals surface area contributed by atoms with Crippen molar-refractivity contribution in [2.45, 2.75) is 20.8 Å². The molecule has 0 spiro atoms. The molecular weight excluding hydrogens is 310 g/mol. The van der Waals surface area contributed by atoms with E-state index in [2.05, 4.69) is 0 Å². The van der Waals surface area contributed by atoms with Crippen molar-refractivity contribution >= 4 is 34.7 Å². The molecule has 0 N–H and O–H groups in total. The summed E-state index contributed by atoms with van der Waals surface area (Å²) in [6.07, 6.45) is 0. The lowest BCUT2D eigenvalue weighted by molar-refractivity contribution is 0.0606. The summed E-state index contributed by atoms with van der Waals surface area (Å²) >= 11 is 6.99. The predicted octanol–water partition coefficient (Wildman–Crippen LogP) is 3.67. The van der Waals surface area contributed by atoms with E-state index in [1.165, 1.54) is 18.4 Å². The first kappa shape index (κ1) is 15.8. The van der Waals surface area contributed by atoms with Crippen LogP contribution in [0.1, 0.15) is 37.0 Å². The number of aromatic nitrogens is 1. The first-order chi connectivity index (χ1) is 9.92. The second-order valence-corrected chi connectivity index (χ2v) is 5.91. The summed E-state index contributed by atoms with van der Waals surface area (Å²) in [5.41, 5.74) is 3.99. The van der Waals surface area contributed by atoms with Crippen LogP contribution in [0.25, 0.3) is 5.69 Å². The first-order valence-electron chi connectivity index (χ1n) is 6.37. The lowest BCUT2D eigenvalue weighted by Gasteiger charge is -2.12. The molecule has 0 saturated heterocycles. The van der Waals surface area contributed by atoms with Gasteiger partial charge in [0.05, 0.1) is 18.7 Å². The van der Waals surface area contributed by atoms with Crippen molar-refractivity contribution in [3.05, 3.63) is 38.8 Å². The summed E-state index contributed by atoms with van der Waals surface area (Å²) in [7, 11) is 1.36. The molecule has 2 aromatic rings. The van der Waals surface area contributed by atoms with E-state index in [9.17, 15) is 9.59 Å². The van der Waals surface area contributed by atoms with E-state index < -0.39 is 0 Å². The van der Waals surface area contributed by atoms with Crippen molar-refractivity contribution in [1.29, 1.82) is 0 Å². The van der Waals surface area contributed by atoms with Crippen LogP contribution in [0.2, 0.25) is 0 Å². The smallest absolute Gasteiger partial charge is 0.350 e. The second kappa shape index (κ2) is 6.03. The summed E-state index contributed by atoms with van der Waals surface area (Å²) in [5, 5.41) is 1.91. The third-order valence-electron chi connectivity index (χ3n) is 3.39. The number of hydrogen-bond donors (Lipinski definition) is 0. The Morgan fingerprint density at radius 3 is 2.57 bits per heavy atom. The number of esters is 1. The number of hydrogen-bond acceptors (Lipinski definition) is 4. The maximum atomic E-state index is 11.9. The number of ketones is 1. The van der Waals surface area contributed by atoms with Crippen molar-refractivity contribution in [3.63, 3.8) is 0 Å². The quantitative estimate of drug-likeness (QED) is 0.489. The highest BCUT2D eigenvalue weighted by Crippen LogP contribution is 2.31. The van der Waals surface area contributed by atoms with E-state index in [0.717, 1.165) is 22.6 Å². The lowest BCUT2D eigenvalue weighted by Crippen LogP contribution is -2.09. The van der Waals surface area contributed by atoms with Gasteiger partial charge < -0.3 is 9.30 Å². The van der Waals surface area contributed by atoms with Gasteiger partial charge in [-0.2, -0.15) is 0 Å². The molecule has 112 valence electrons. The largest absolute Gasteiger partial charge is 0.465 e. The van der Waals surface area contributed by atoms with Gasteiger partial charge in [0.25, 0.3) is 0 Å². The van der Waals surface area contributed by atoms with Crippen LogP contribution in [0.5, 0.6) is 0 Å². The SMILES string of the molecule is COC(=O)c1scc(C)c1-n1c(C)cc(C(=O)CCl)c1C. The number of thiophene rings is 1. The third kappa shape index (κ3) is 2.63. The minimum Gasteiger partial charge on any atom is -0.465 e. The zero-order chi connectivity index (χ0) is 15.7. The molecule has 0 aromatic carbocycles. The molecule has 6 heteroatoms. The molecule has 0 saturated carbocycles.